The van der Waals surface area contributed by atoms with Gasteiger partial charge in [0.2, 0.25) is 10.0 Å². The molecule has 2 saturated heterocycles. The van der Waals surface area contributed by atoms with E-state index in [9.17, 15) is 8.42 Å². The maximum absolute atomic E-state index is 13.3. The molecule has 3 aliphatic rings. The van der Waals surface area contributed by atoms with Crippen LogP contribution in [0.3, 0.4) is 0 Å². The molecule has 2 fully saturated rings. The van der Waals surface area contributed by atoms with Crippen LogP contribution < -0.4 is 4.57 Å². The van der Waals surface area contributed by atoms with E-state index in [1.54, 1.807) is 4.31 Å². The van der Waals surface area contributed by atoms with E-state index in [-0.39, 0.29) is 0 Å². The van der Waals surface area contributed by atoms with E-state index < -0.39 is 10.0 Å². The van der Waals surface area contributed by atoms with Crippen molar-refractivity contribution in [3.8, 4) is 0 Å². The largest absolute Gasteiger partial charge is 0.366 e. The Morgan fingerprint density at radius 2 is 1.85 bits per heavy atom. The Labute approximate surface area is 202 Å². The maximum atomic E-state index is 13.3. The van der Waals surface area contributed by atoms with Crippen molar-refractivity contribution in [3.05, 3.63) is 41.2 Å². The molecule has 33 heavy (non-hydrogen) atoms. The van der Waals surface area contributed by atoms with Gasteiger partial charge in [-0.05, 0) is 63.8 Å². The number of thioether (sulfide) groups is 1. The van der Waals surface area contributed by atoms with E-state index in [2.05, 4.69) is 40.0 Å². The van der Waals surface area contributed by atoms with E-state index in [1.165, 1.54) is 16.4 Å². The standard InChI is InChI=1S/C25H35N4O2S2/c1-3-26-17-18-32-24(26)13-10-20-9-8-16-29-22-12-11-21(19-23(22)28(4-2)25(20)29)33(30,31)27-14-6-5-7-15-27/h10-13,19H,3-9,14-18H2,1-2H3/q+1. The summed E-state index contributed by atoms with van der Waals surface area (Å²) in [6.45, 7) is 9.60. The summed E-state index contributed by atoms with van der Waals surface area (Å²) in [5, 5.41) is 1.36. The molecule has 0 saturated carbocycles. The number of rotatable bonds is 5. The number of piperidine rings is 1. The number of hydrogen-bond donors (Lipinski definition) is 0. The third-order valence-corrected chi connectivity index (χ3v) is 10.1. The first-order valence-electron chi connectivity index (χ1n) is 12.4. The molecule has 2 aromatic rings. The fourth-order valence-electron chi connectivity index (χ4n) is 5.43. The number of hydrogen-bond acceptors (Lipinski definition) is 4. The van der Waals surface area contributed by atoms with Crippen LogP contribution in [0.4, 0.5) is 0 Å². The molecule has 0 aliphatic carbocycles. The first-order chi connectivity index (χ1) is 16.0. The Bertz CT molecular complexity index is 1210. The van der Waals surface area contributed by atoms with E-state index in [0.29, 0.717) is 18.0 Å². The molecule has 178 valence electrons. The van der Waals surface area contributed by atoms with Crippen molar-refractivity contribution in [2.45, 2.75) is 63.9 Å². The zero-order valence-electron chi connectivity index (χ0n) is 19.8. The number of allylic oxidation sites excluding steroid dienone is 3. The summed E-state index contributed by atoms with van der Waals surface area (Å²) >= 11 is 1.94. The zero-order chi connectivity index (χ0) is 23.0. The van der Waals surface area contributed by atoms with Gasteiger partial charge in [-0.15, -0.1) is 11.8 Å². The van der Waals surface area contributed by atoms with Gasteiger partial charge in [-0.1, -0.05) is 6.42 Å². The van der Waals surface area contributed by atoms with Crippen molar-refractivity contribution in [1.29, 1.82) is 0 Å². The van der Waals surface area contributed by atoms with Crippen molar-refractivity contribution < 1.29 is 13.0 Å². The third kappa shape index (κ3) is 4.15. The first kappa shape index (κ1) is 23.0. The summed E-state index contributed by atoms with van der Waals surface area (Å²) in [4.78, 5) is 2.86. The lowest BCUT2D eigenvalue weighted by Crippen LogP contribution is -2.38. The van der Waals surface area contributed by atoms with Gasteiger partial charge in [0, 0.05) is 43.6 Å². The minimum absolute atomic E-state index is 0.427. The van der Waals surface area contributed by atoms with Gasteiger partial charge < -0.3 is 4.90 Å². The van der Waals surface area contributed by atoms with Gasteiger partial charge in [-0.25, -0.2) is 17.6 Å². The lowest BCUT2D eigenvalue weighted by atomic mass is 10.1. The third-order valence-electron chi connectivity index (χ3n) is 7.16. The summed E-state index contributed by atoms with van der Waals surface area (Å²) in [5.74, 6) is 2.39. The van der Waals surface area contributed by atoms with Crippen LogP contribution in [0.2, 0.25) is 0 Å². The van der Waals surface area contributed by atoms with Crippen LogP contribution in [0, 0.1) is 0 Å². The molecule has 5 rings (SSSR count). The van der Waals surface area contributed by atoms with Crippen molar-refractivity contribution in [3.63, 3.8) is 0 Å². The Kier molecular flexibility index (Phi) is 6.60. The predicted molar refractivity (Wildman–Crippen MR) is 135 cm³/mol. The van der Waals surface area contributed by atoms with Gasteiger partial charge >= 0.3 is 0 Å². The molecule has 4 heterocycles. The van der Waals surface area contributed by atoms with Gasteiger partial charge in [-0.2, -0.15) is 4.31 Å². The predicted octanol–water partition coefficient (Wildman–Crippen LogP) is 4.21. The van der Waals surface area contributed by atoms with Crippen LogP contribution >= 0.6 is 11.8 Å². The topological polar surface area (TPSA) is 49.4 Å². The minimum Gasteiger partial charge on any atom is -0.366 e. The number of fused-ring (bicyclic) bond motifs is 3. The molecule has 0 radical (unpaired) electrons. The lowest BCUT2D eigenvalue weighted by molar-refractivity contribution is -0.671. The van der Waals surface area contributed by atoms with Gasteiger partial charge in [0.1, 0.15) is 0 Å². The molecule has 0 bridgehead atoms. The Morgan fingerprint density at radius 3 is 2.61 bits per heavy atom. The highest BCUT2D eigenvalue weighted by Crippen LogP contribution is 2.32. The number of aromatic nitrogens is 2. The zero-order valence-corrected chi connectivity index (χ0v) is 21.4. The van der Waals surface area contributed by atoms with Crippen LogP contribution in [0.1, 0.15) is 51.8 Å². The lowest BCUT2D eigenvalue weighted by Gasteiger charge is -2.25. The van der Waals surface area contributed by atoms with Crippen molar-refractivity contribution >= 4 is 38.4 Å². The van der Waals surface area contributed by atoms with Gasteiger partial charge in [0.05, 0.1) is 23.0 Å². The quantitative estimate of drug-likeness (QED) is 0.593. The second-order valence-corrected chi connectivity index (χ2v) is 12.1. The van der Waals surface area contributed by atoms with Gasteiger partial charge in [0.25, 0.3) is 5.82 Å². The second kappa shape index (κ2) is 9.47. The second-order valence-electron chi connectivity index (χ2n) is 9.06. The number of imidazole rings is 1. The molecular formula is C25H35N4O2S2+. The molecule has 1 aromatic heterocycles. The average Bonchev–Trinajstić information content (AvgIpc) is 3.44. The highest BCUT2D eigenvalue weighted by molar-refractivity contribution is 8.03. The van der Waals surface area contributed by atoms with Crippen molar-refractivity contribution in [2.24, 2.45) is 0 Å². The Hall–Kier alpha value is -1.77. The van der Waals surface area contributed by atoms with Crippen LogP contribution in [0.15, 0.2) is 40.3 Å². The Balaban J connectivity index is 1.58. The van der Waals surface area contributed by atoms with E-state index in [1.807, 2.05) is 30.0 Å². The molecule has 6 nitrogen and oxygen atoms in total. The van der Waals surface area contributed by atoms with E-state index >= 15 is 0 Å². The molecule has 0 amide bonds. The summed E-state index contributed by atoms with van der Waals surface area (Å²) in [5.41, 5.74) is 3.50. The van der Waals surface area contributed by atoms with E-state index in [0.717, 1.165) is 75.1 Å². The monoisotopic (exact) mass is 487 g/mol. The fourth-order valence-corrected chi connectivity index (χ4v) is 8.05. The number of aryl methyl sites for hydroxylation is 2. The van der Waals surface area contributed by atoms with Crippen LogP contribution in [-0.2, 0) is 23.1 Å². The molecule has 8 heteroatoms. The smallest absolute Gasteiger partial charge is 0.285 e. The molecule has 0 unspecified atom stereocenters. The summed E-state index contributed by atoms with van der Waals surface area (Å²) < 4.78 is 33.0. The van der Waals surface area contributed by atoms with Crippen LogP contribution in [0.5, 0.6) is 0 Å². The summed E-state index contributed by atoms with van der Waals surface area (Å²) in [6, 6.07) is 5.75. The maximum Gasteiger partial charge on any atom is 0.285 e. The normalized spacial score (nSPS) is 22.5. The number of nitrogens with zero attached hydrogens (tertiary/aromatic N) is 4. The number of benzene rings is 1. The molecule has 1 aromatic carbocycles. The summed E-state index contributed by atoms with van der Waals surface area (Å²) in [7, 11) is -3.45. The van der Waals surface area contributed by atoms with Gasteiger partial charge in [-0.3, -0.25) is 0 Å². The SMILES string of the molecule is CCN1CCSC1=CC=C1CCCn2c1[n+](CC)c1cc(S(=O)(=O)N3CCCCC3)ccc12. The van der Waals surface area contributed by atoms with Crippen molar-refractivity contribution in [2.75, 3.05) is 31.9 Å². The number of sulfonamides is 1. The molecule has 0 spiro atoms. The van der Waals surface area contributed by atoms with E-state index in [4.69, 9.17) is 0 Å². The van der Waals surface area contributed by atoms with Crippen LogP contribution in [0.25, 0.3) is 16.6 Å². The Morgan fingerprint density at radius 1 is 1.03 bits per heavy atom. The summed E-state index contributed by atoms with van der Waals surface area (Å²) in [6.07, 6.45) is 9.77. The highest BCUT2D eigenvalue weighted by Gasteiger charge is 2.32. The molecule has 0 atom stereocenters. The van der Waals surface area contributed by atoms with Crippen molar-refractivity contribution in [1.82, 2.24) is 13.8 Å². The minimum atomic E-state index is -3.45. The van der Waals surface area contributed by atoms with Gasteiger partial charge in [0.15, 0.2) is 11.0 Å². The average molecular weight is 488 g/mol. The molecule has 0 N–H and O–H groups in total. The fraction of sp³-hybridized carbons (Fsp3) is 0.560. The molecular weight excluding hydrogens is 452 g/mol. The molecule has 3 aliphatic heterocycles. The van der Waals surface area contributed by atoms with Crippen LogP contribution in [-0.4, -0.2) is 54.1 Å². The highest BCUT2D eigenvalue weighted by atomic mass is 32.2. The first-order valence-corrected chi connectivity index (χ1v) is 14.8.